The number of amides is 2. The molecule has 0 fully saturated rings. The average Bonchev–Trinajstić information content (AvgIpc) is 2.68. The molecule has 0 bridgehead atoms. The number of unbranched alkanes of at least 4 members (excludes halogenated alkanes) is 1. The van der Waals surface area contributed by atoms with Crippen LogP contribution in [0.5, 0.6) is 0 Å². The Morgan fingerprint density at radius 2 is 2.25 bits per heavy atom. The minimum atomic E-state index is -0.992. The van der Waals surface area contributed by atoms with Crippen molar-refractivity contribution in [1.29, 1.82) is 0 Å². The molecule has 0 aromatic carbocycles. The minimum absolute atomic E-state index is 0.0775. The van der Waals surface area contributed by atoms with Gasteiger partial charge < -0.3 is 20.0 Å². The van der Waals surface area contributed by atoms with Gasteiger partial charge in [0, 0.05) is 32.3 Å². The molecule has 1 atom stereocenters. The normalized spacial score (nSPS) is 16.2. The van der Waals surface area contributed by atoms with Crippen LogP contribution in [0.2, 0.25) is 0 Å². The molecule has 0 aromatic rings. The molecular formula is C14H24N2O4. The molecule has 0 saturated carbocycles. The second-order valence-corrected chi connectivity index (χ2v) is 5.21. The van der Waals surface area contributed by atoms with Crippen LogP contribution in [0.1, 0.15) is 33.1 Å². The highest BCUT2D eigenvalue weighted by atomic mass is 16.4. The summed E-state index contributed by atoms with van der Waals surface area (Å²) in [5.74, 6) is -0.0775. The van der Waals surface area contributed by atoms with Crippen LogP contribution >= 0.6 is 0 Å². The van der Waals surface area contributed by atoms with E-state index in [1.165, 1.54) is 4.90 Å². The summed E-state index contributed by atoms with van der Waals surface area (Å²) in [7, 11) is 0. The van der Waals surface area contributed by atoms with Gasteiger partial charge in [0.25, 0.3) is 0 Å². The lowest BCUT2D eigenvalue weighted by Crippen LogP contribution is -2.48. The fourth-order valence-electron chi connectivity index (χ4n) is 2.39. The van der Waals surface area contributed by atoms with Gasteiger partial charge in [-0.3, -0.25) is 4.79 Å². The van der Waals surface area contributed by atoms with E-state index < -0.39 is 6.09 Å². The van der Waals surface area contributed by atoms with Crippen molar-refractivity contribution >= 4 is 12.0 Å². The lowest BCUT2D eigenvalue weighted by Gasteiger charge is -2.32. The van der Waals surface area contributed by atoms with Gasteiger partial charge in [0.05, 0.1) is 6.04 Å². The molecule has 0 unspecified atom stereocenters. The molecule has 1 aliphatic rings. The van der Waals surface area contributed by atoms with Crippen LogP contribution in [0.15, 0.2) is 11.6 Å². The molecular weight excluding hydrogens is 260 g/mol. The van der Waals surface area contributed by atoms with E-state index in [0.717, 1.165) is 18.4 Å². The molecule has 1 heterocycles. The lowest BCUT2D eigenvalue weighted by molar-refractivity contribution is -0.125. The van der Waals surface area contributed by atoms with Gasteiger partial charge in [-0.15, -0.1) is 0 Å². The smallest absolute Gasteiger partial charge is 0.407 e. The van der Waals surface area contributed by atoms with Crippen LogP contribution in [0.3, 0.4) is 0 Å². The van der Waals surface area contributed by atoms with Crippen molar-refractivity contribution in [3.63, 3.8) is 0 Å². The summed E-state index contributed by atoms with van der Waals surface area (Å²) in [6, 6.07) is -0.354. The van der Waals surface area contributed by atoms with Crippen molar-refractivity contribution in [2.45, 2.75) is 39.2 Å². The number of hydrogen-bond acceptors (Lipinski definition) is 3. The number of carboxylic acid groups (broad SMARTS) is 1. The molecule has 20 heavy (non-hydrogen) atoms. The molecule has 0 spiro atoms. The quantitative estimate of drug-likeness (QED) is 0.704. The van der Waals surface area contributed by atoms with Crippen LogP contribution in [0.4, 0.5) is 4.79 Å². The van der Waals surface area contributed by atoms with E-state index in [1.54, 1.807) is 11.0 Å². The Morgan fingerprint density at radius 3 is 2.70 bits per heavy atom. The van der Waals surface area contributed by atoms with E-state index in [9.17, 15) is 14.7 Å². The first-order chi connectivity index (χ1) is 9.49. The second-order valence-electron chi connectivity index (χ2n) is 5.21. The van der Waals surface area contributed by atoms with E-state index in [1.807, 2.05) is 13.8 Å². The molecule has 114 valence electrons. The molecule has 6 nitrogen and oxygen atoms in total. The van der Waals surface area contributed by atoms with Crippen molar-refractivity contribution in [1.82, 2.24) is 9.80 Å². The zero-order valence-corrected chi connectivity index (χ0v) is 12.2. The number of carbonyl (C=O) groups is 2. The summed E-state index contributed by atoms with van der Waals surface area (Å²) in [5, 5.41) is 18.5. The third-order valence-corrected chi connectivity index (χ3v) is 3.45. The van der Waals surface area contributed by atoms with Gasteiger partial charge in [-0.1, -0.05) is 13.3 Å². The summed E-state index contributed by atoms with van der Waals surface area (Å²) in [6.07, 6.45) is 2.61. The summed E-state index contributed by atoms with van der Waals surface area (Å²) < 4.78 is 0. The van der Waals surface area contributed by atoms with Gasteiger partial charge in [-0.25, -0.2) is 4.79 Å². The highest BCUT2D eigenvalue weighted by molar-refractivity contribution is 5.91. The molecule has 6 heteroatoms. The highest BCUT2D eigenvalue weighted by Gasteiger charge is 2.28. The van der Waals surface area contributed by atoms with Crippen LogP contribution in [0.25, 0.3) is 0 Å². The highest BCUT2D eigenvalue weighted by Crippen LogP contribution is 2.15. The minimum Gasteiger partial charge on any atom is -0.465 e. The standard InChI is InChI=1S/C14H24N2O4/c1-3-4-6-16(14(19)20)12(5-7-17)10-15-9-11(2)8-13(15)18/h8,12,17H,3-7,9-10H2,1-2H3,(H,19,20)/t12-/m0/s1. The van der Waals surface area contributed by atoms with Crippen LogP contribution in [0, 0.1) is 0 Å². The zero-order valence-electron chi connectivity index (χ0n) is 12.2. The molecule has 1 rings (SSSR count). The van der Waals surface area contributed by atoms with E-state index in [2.05, 4.69) is 0 Å². The van der Waals surface area contributed by atoms with Gasteiger partial charge in [-0.2, -0.15) is 0 Å². The van der Waals surface area contributed by atoms with Crippen molar-refractivity contribution in [3.8, 4) is 0 Å². The first kappa shape index (κ1) is 16.5. The predicted octanol–water partition coefficient (Wildman–Crippen LogP) is 1.31. The maximum Gasteiger partial charge on any atom is 0.407 e. The summed E-state index contributed by atoms with van der Waals surface area (Å²) in [6.45, 7) is 5.11. The Labute approximate surface area is 119 Å². The Morgan fingerprint density at radius 1 is 1.55 bits per heavy atom. The molecule has 0 aliphatic carbocycles. The topological polar surface area (TPSA) is 81.1 Å². The van der Waals surface area contributed by atoms with E-state index in [4.69, 9.17) is 5.11 Å². The van der Waals surface area contributed by atoms with Gasteiger partial charge in [0.15, 0.2) is 0 Å². The molecule has 0 radical (unpaired) electrons. The number of hydrogen-bond donors (Lipinski definition) is 2. The zero-order chi connectivity index (χ0) is 15.1. The Balaban J connectivity index is 2.70. The first-order valence-electron chi connectivity index (χ1n) is 7.06. The van der Waals surface area contributed by atoms with Crippen LogP contribution in [-0.4, -0.2) is 64.3 Å². The van der Waals surface area contributed by atoms with E-state index >= 15 is 0 Å². The van der Waals surface area contributed by atoms with Gasteiger partial charge in [-0.05, 0) is 25.3 Å². The van der Waals surface area contributed by atoms with Gasteiger partial charge in [0.1, 0.15) is 0 Å². The summed E-state index contributed by atoms with van der Waals surface area (Å²) >= 11 is 0. The Hall–Kier alpha value is -1.56. The van der Waals surface area contributed by atoms with Gasteiger partial charge in [0.2, 0.25) is 5.91 Å². The maximum absolute atomic E-state index is 11.8. The van der Waals surface area contributed by atoms with E-state index in [0.29, 0.717) is 26.1 Å². The SMILES string of the molecule is CCCCN(C(=O)O)[C@@H](CCO)CN1CC(C)=CC1=O. The van der Waals surface area contributed by atoms with Crippen LogP contribution in [-0.2, 0) is 4.79 Å². The van der Waals surface area contributed by atoms with E-state index in [-0.39, 0.29) is 18.6 Å². The molecule has 2 amide bonds. The van der Waals surface area contributed by atoms with Crippen LogP contribution < -0.4 is 0 Å². The summed E-state index contributed by atoms with van der Waals surface area (Å²) in [5.41, 5.74) is 0.980. The number of aliphatic hydroxyl groups is 1. The van der Waals surface area contributed by atoms with Gasteiger partial charge >= 0.3 is 6.09 Å². The molecule has 2 N–H and O–H groups in total. The van der Waals surface area contributed by atoms with Crippen molar-refractivity contribution in [2.75, 3.05) is 26.2 Å². The van der Waals surface area contributed by atoms with Crippen molar-refractivity contribution < 1.29 is 19.8 Å². The lowest BCUT2D eigenvalue weighted by atomic mass is 10.1. The maximum atomic E-state index is 11.8. The summed E-state index contributed by atoms with van der Waals surface area (Å²) in [4.78, 5) is 26.1. The number of aliphatic hydroxyl groups excluding tert-OH is 1. The first-order valence-corrected chi connectivity index (χ1v) is 7.06. The molecule has 0 aromatic heterocycles. The van der Waals surface area contributed by atoms with Crippen molar-refractivity contribution in [2.24, 2.45) is 0 Å². The number of rotatable bonds is 8. The fraction of sp³-hybridized carbons (Fsp3) is 0.714. The number of nitrogens with zero attached hydrogens (tertiary/aromatic N) is 2. The second kappa shape index (κ2) is 7.89. The Kier molecular flexibility index (Phi) is 6.51. The third-order valence-electron chi connectivity index (χ3n) is 3.45. The van der Waals surface area contributed by atoms with Crippen molar-refractivity contribution in [3.05, 3.63) is 11.6 Å². The third kappa shape index (κ3) is 4.52. The largest absolute Gasteiger partial charge is 0.465 e. The number of carbonyl (C=O) groups excluding carboxylic acids is 1. The molecule has 0 saturated heterocycles. The average molecular weight is 284 g/mol. The predicted molar refractivity (Wildman–Crippen MR) is 75.5 cm³/mol. The molecule has 1 aliphatic heterocycles. The Bertz CT molecular complexity index is 381. The monoisotopic (exact) mass is 284 g/mol. The fourth-order valence-corrected chi connectivity index (χ4v) is 2.39.